The van der Waals surface area contributed by atoms with Gasteiger partial charge in [0.2, 0.25) is 0 Å². The summed E-state index contributed by atoms with van der Waals surface area (Å²) < 4.78 is 45.9. The lowest BCUT2D eigenvalue weighted by atomic mass is 9.62. The fourth-order valence-electron chi connectivity index (χ4n) is 19.7. The van der Waals surface area contributed by atoms with Crippen LogP contribution in [0.3, 0.4) is 0 Å². The average Bonchev–Trinajstić information content (AvgIpc) is 1.56. The highest BCUT2D eigenvalue weighted by Crippen LogP contribution is 2.56. The molecule has 6 fully saturated rings. The predicted octanol–water partition coefficient (Wildman–Crippen LogP) is 14.5. The van der Waals surface area contributed by atoms with Crippen molar-refractivity contribution >= 4 is 47.9 Å². The fourth-order valence-corrected chi connectivity index (χ4v) is 19.7. The van der Waals surface area contributed by atoms with Crippen molar-refractivity contribution in [3.8, 4) is 0 Å². The molecule has 30 atom stereocenters. The van der Waals surface area contributed by atoms with Crippen LogP contribution in [0.15, 0.2) is 83.0 Å². The van der Waals surface area contributed by atoms with E-state index in [-0.39, 0.29) is 170 Å². The van der Waals surface area contributed by atoms with Gasteiger partial charge in [-0.15, -0.1) is 0 Å². The summed E-state index contributed by atoms with van der Waals surface area (Å²) in [5, 5.41) is 50.1. The van der Waals surface area contributed by atoms with Crippen molar-refractivity contribution in [2.45, 2.75) is 330 Å². The SMILES string of the molecule is CCC(C)C(=O)OC1CC(C)=CC2=CC(O)C(C)C(CCC3CC(O)CC(=O)O3)C21.CCC(C)C(=O)OC1CC(C)C=C2C3OC3C(C)C(CCC3CC(O)CC(=O)O3)C21.CCC(C)C(=O)OC1CC(C)C=C2C=CC(C)C(CCC3CC(O)CC(=O)O3)C21.Cc1ccc2c(c1)C=CC(C)C2CCC1CC(O)CC(=O)O1. The van der Waals surface area contributed by atoms with Crippen LogP contribution in [-0.2, 0) is 71.5 Å². The molecule has 0 radical (unpaired) electrons. The van der Waals surface area contributed by atoms with Crippen LogP contribution in [0, 0.1) is 95.7 Å². The summed E-state index contributed by atoms with van der Waals surface area (Å²) in [7, 11) is 0. The summed E-state index contributed by atoms with van der Waals surface area (Å²) in [6.07, 6.45) is 27.2. The van der Waals surface area contributed by atoms with E-state index < -0.39 is 30.5 Å². The number of epoxide rings is 1. The lowest BCUT2D eigenvalue weighted by Crippen LogP contribution is -2.46. The third kappa shape index (κ3) is 22.8. The number of rotatable bonds is 21. The molecule has 1 aromatic rings. The smallest absolute Gasteiger partial charge is 0.308 e. The number of aliphatic hydroxyl groups excluding tert-OH is 5. The van der Waals surface area contributed by atoms with Crippen molar-refractivity contribution in [2.75, 3.05) is 0 Å². The van der Waals surface area contributed by atoms with Crippen LogP contribution in [0.4, 0.5) is 0 Å². The number of hydrogen-bond acceptors (Lipinski definition) is 20. The maximum absolute atomic E-state index is 12.6. The summed E-state index contributed by atoms with van der Waals surface area (Å²) in [4.78, 5) is 84.2. The minimum Gasteiger partial charge on any atom is -0.462 e. The standard InChI is InChI=1S/2C24H36O6.C24H36O5.C19H24O3/c1-5-13(3)24(27)29-19-9-12(2)8-18-21(19)17(14(4)22-23(18)30-22)7-6-16-10-15(25)11-20(26)28-16;1-5-14(3)24(28)30-21-9-13(2)8-16-10-20(26)15(4)19(23(16)21)7-6-18-11-17(25)12-22(27)29-18;1-5-15(3)24(27)29-21-11-14(2)10-17-7-6-16(4)20(23(17)21)9-8-19-12-18(25)13-22(26)28-19;1-12-3-7-18-14(9-12)5-4-13(2)17(18)8-6-16-10-15(20)11-19(21)22-16/h8,12-17,19,21-23,25H,5-7,9-11H2,1-4H3;8,10,14-15,17-21,23,25-26H,5-7,9,11-12H2,1-4H3;6-7,10,14-16,18-21,23,25H,5,8-9,11-13H2,1-4H3;3-5,7,9,13,15-17,20H,6,8,10-11H2,1-2H3. The minimum absolute atomic E-state index is 0.000396. The summed E-state index contributed by atoms with van der Waals surface area (Å²) >= 11 is 0. The summed E-state index contributed by atoms with van der Waals surface area (Å²) in [6, 6.07) is 6.63. The van der Waals surface area contributed by atoms with Crippen LogP contribution < -0.4 is 0 Å². The third-order valence-electron chi connectivity index (χ3n) is 26.6. The number of carbonyl (C=O) groups excluding carboxylic acids is 7. The average molecular weight is 1550 g/mol. The maximum Gasteiger partial charge on any atom is 0.308 e. The highest BCUT2D eigenvalue weighted by atomic mass is 16.6. The van der Waals surface area contributed by atoms with Gasteiger partial charge in [0.1, 0.15) is 48.8 Å². The monoisotopic (exact) mass is 1540 g/mol. The van der Waals surface area contributed by atoms with Gasteiger partial charge in [0.15, 0.2) is 0 Å². The zero-order valence-corrected chi connectivity index (χ0v) is 68.6. The van der Waals surface area contributed by atoms with E-state index in [4.69, 9.17) is 37.9 Å². The molecule has 5 saturated heterocycles. The zero-order valence-electron chi connectivity index (χ0n) is 68.6. The first kappa shape index (κ1) is 87.1. The minimum atomic E-state index is -0.648. The molecule has 7 aliphatic carbocycles. The van der Waals surface area contributed by atoms with Gasteiger partial charge >= 0.3 is 41.8 Å². The molecule has 12 aliphatic rings. The summed E-state index contributed by atoms with van der Waals surface area (Å²) in [5.41, 5.74) is 8.74. The number of aliphatic hydroxyl groups is 5. The highest BCUT2D eigenvalue weighted by molar-refractivity contribution is 5.74. The lowest BCUT2D eigenvalue weighted by Gasteiger charge is -2.45. The van der Waals surface area contributed by atoms with Gasteiger partial charge in [-0.05, 0) is 184 Å². The highest BCUT2D eigenvalue weighted by Gasteiger charge is 2.59. The van der Waals surface area contributed by atoms with Crippen LogP contribution in [0.25, 0.3) is 6.08 Å². The largest absolute Gasteiger partial charge is 0.462 e. The molecule has 20 nitrogen and oxygen atoms in total. The molecule has 0 bridgehead atoms. The number of allylic oxidation sites excluding steroid dienone is 6. The van der Waals surface area contributed by atoms with E-state index in [1.807, 2.05) is 61.5 Å². The van der Waals surface area contributed by atoms with Crippen LogP contribution >= 0.6 is 0 Å². The molecule has 0 amide bonds. The third-order valence-corrected chi connectivity index (χ3v) is 26.6. The molecule has 5 N–H and O–H groups in total. The second kappa shape index (κ2) is 39.4. The van der Waals surface area contributed by atoms with E-state index in [9.17, 15) is 59.1 Å². The molecule has 20 heteroatoms. The molecule has 30 unspecified atom stereocenters. The first-order chi connectivity index (χ1) is 52.8. The van der Waals surface area contributed by atoms with Gasteiger partial charge in [0.25, 0.3) is 0 Å². The number of aryl methyl sites for hydroxylation is 1. The van der Waals surface area contributed by atoms with Crippen LogP contribution in [-0.4, -0.2) is 153 Å². The second-order valence-corrected chi connectivity index (χ2v) is 35.6. The van der Waals surface area contributed by atoms with Gasteiger partial charge in [0, 0.05) is 49.9 Å². The van der Waals surface area contributed by atoms with Crippen molar-refractivity contribution in [2.24, 2.45) is 88.8 Å². The molecule has 13 rings (SSSR count). The summed E-state index contributed by atoms with van der Waals surface area (Å²) in [5.74, 6) is 1.56. The van der Waals surface area contributed by atoms with Gasteiger partial charge in [-0.3, -0.25) is 33.6 Å². The van der Waals surface area contributed by atoms with Gasteiger partial charge in [-0.2, -0.15) is 0 Å². The molecule has 0 aromatic heterocycles. The van der Waals surface area contributed by atoms with Gasteiger partial charge in [-0.1, -0.05) is 161 Å². The van der Waals surface area contributed by atoms with Gasteiger partial charge in [0.05, 0.1) is 80.1 Å². The van der Waals surface area contributed by atoms with Crippen molar-refractivity contribution < 1.29 is 97.0 Å². The molecular weight excluding hydrogens is 1410 g/mol. The van der Waals surface area contributed by atoms with Crippen molar-refractivity contribution in [3.63, 3.8) is 0 Å². The second-order valence-electron chi connectivity index (χ2n) is 35.6. The Labute approximate surface area is 659 Å². The number of fused-ring (bicyclic) bond motifs is 6. The van der Waals surface area contributed by atoms with Crippen LogP contribution in [0.5, 0.6) is 0 Å². The van der Waals surface area contributed by atoms with Crippen molar-refractivity contribution in [1.29, 1.82) is 0 Å². The Morgan fingerprint density at radius 1 is 0.477 bits per heavy atom. The van der Waals surface area contributed by atoms with Crippen LogP contribution in [0.1, 0.15) is 254 Å². The van der Waals surface area contributed by atoms with E-state index in [0.717, 1.165) is 88.2 Å². The molecule has 5 heterocycles. The maximum atomic E-state index is 12.6. The van der Waals surface area contributed by atoms with E-state index in [1.54, 1.807) is 0 Å². The fraction of sp³-hybridized carbons (Fsp3) is 0.725. The Morgan fingerprint density at radius 2 is 0.910 bits per heavy atom. The Bertz CT molecular complexity index is 3550. The molecule has 616 valence electrons. The van der Waals surface area contributed by atoms with Gasteiger partial charge in [-0.25, -0.2) is 0 Å². The molecule has 0 spiro atoms. The summed E-state index contributed by atoms with van der Waals surface area (Å²) in [6.45, 7) is 29.0. The first-order valence-electron chi connectivity index (χ1n) is 42.5. The van der Waals surface area contributed by atoms with Crippen molar-refractivity contribution in [3.05, 3.63) is 99.7 Å². The topological polar surface area (TPSA) is 298 Å². The Balaban J connectivity index is 0.000000158. The number of hydrogen-bond donors (Lipinski definition) is 5. The molecular formula is C91H132O20. The van der Waals surface area contributed by atoms with E-state index in [0.29, 0.717) is 85.9 Å². The molecule has 5 aliphatic heterocycles. The number of cyclic esters (lactones) is 4. The number of benzene rings is 1. The van der Waals surface area contributed by atoms with E-state index in [2.05, 4.69) is 102 Å². The molecule has 111 heavy (non-hydrogen) atoms. The Hall–Kier alpha value is -6.29. The van der Waals surface area contributed by atoms with E-state index in [1.165, 1.54) is 27.8 Å². The number of carbonyl (C=O) groups is 7. The molecule has 1 saturated carbocycles. The number of ether oxygens (including phenoxy) is 8. The Kier molecular flexibility index (Phi) is 30.9. The zero-order chi connectivity index (χ0) is 80.4. The normalized spacial score (nSPS) is 37.9. The predicted molar refractivity (Wildman–Crippen MR) is 420 cm³/mol. The number of esters is 7. The molecule has 1 aromatic carbocycles. The van der Waals surface area contributed by atoms with Gasteiger partial charge < -0.3 is 63.4 Å². The quantitative estimate of drug-likeness (QED) is 0.0331. The Morgan fingerprint density at radius 3 is 1.40 bits per heavy atom. The lowest BCUT2D eigenvalue weighted by molar-refractivity contribution is -0.162. The first-order valence-corrected chi connectivity index (χ1v) is 42.5. The van der Waals surface area contributed by atoms with Crippen LogP contribution in [0.2, 0.25) is 0 Å². The van der Waals surface area contributed by atoms with Crippen molar-refractivity contribution in [1.82, 2.24) is 0 Å². The van der Waals surface area contributed by atoms with E-state index >= 15 is 0 Å².